The summed E-state index contributed by atoms with van der Waals surface area (Å²) < 4.78 is 37.7. The highest BCUT2D eigenvalue weighted by Gasteiger charge is 2.21. The average Bonchev–Trinajstić information content (AvgIpc) is 2.86. The molecule has 0 radical (unpaired) electrons. The quantitative estimate of drug-likeness (QED) is 0.542. The number of carbonyl (C=O) groups excluding carboxylic acids is 2. The first-order chi connectivity index (χ1) is 16.3. The molecular formula is C24H23N3O6S. The fraction of sp³-hybridized carbons (Fsp3) is 0.167. The molecular weight excluding hydrogens is 458 g/mol. The molecule has 0 fully saturated rings. The fourth-order valence-corrected chi connectivity index (χ4v) is 4.47. The lowest BCUT2D eigenvalue weighted by molar-refractivity contribution is 0.0846. The maximum Gasteiger partial charge on any atom is 0.269 e. The molecule has 2 N–H and O–H groups in total. The zero-order chi connectivity index (χ0) is 24.3. The summed E-state index contributed by atoms with van der Waals surface area (Å²) in [5, 5.41) is 0. The smallest absolute Gasteiger partial charge is 0.269 e. The first-order valence-corrected chi connectivity index (χ1v) is 11.9. The first-order valence-electron chi connectivity index (χ1n) is 10.4. The van der Waals surface area contributed by atoms with Crippen molar-refractivity contribution < 1.29 is 27.5 Å². The second-order valence-electron chi connectivity index (χ2n) is 7.60. The predicted molar refractivity (Wildman–Crippen MR) is 126 cm³/mol. The van der Waals surface area contributed by atoms with Crippen molar-refractivity contribution in [3.05, 3.63) is 83.4 Å². The Morgan fingerprint density at radius 3 is 2.00 bits per heavy atom. The van der Waals surface area contributed by atoms with Crippen LogP contribution in [0.1, 0.15) is 26.3 Å². The van der Waals surface area contributed by atoms with Gasteiger partial charge in [-0.3, -0.25) is 24.7 Å². The van der Waals surface area contributed by atoms with Crippen molar-refractivity contribution in [1.82, 2.24) is 10.9 Å². The van der Waals surface area contributed by atoms with Crippen molar-refractivity contribution in [3.63, 3.8) is 0 Å². The van der Waals surface area contributed by atoms with Crippen LogP contribution in [-0.2, 0) is 10.0 Å². The summed E-state index contributed by atoms with van der Waals surface area (Å²) in [5.41, 5.74) is 6.58. The minimum atomic E-state index is -3.74. The second-order valence-corrected chi connectivity index (χ2v) is 9.57. The minimum absolute atomic E-state index is 0.171. The van der Waals surface area contributed by atoms with Gasteiger partial charge < -0.3 is 9.47 Å². The second kappa shape index (κ2) is 9.44. The summed E-state index contributed by atoms with van der Waals surface area (Å²) >= 11 is 0. The number of ether oxygens (including phenoxy) is 2. The number of aryl methyl sites for hydroxylation is 1. The van der Waals surface area contributed by atoms with Gasteiger partial charge in [-0.15, -0.1) is 0 Å². The van der Waals surface area contributed by atoms with E-state index in [1.807, 2.05) is 6.92 Å². The number of carbonyl (C=O) groups is 2. The number of hydrazine groups is 1. The van der Waals surface area contributed by atoms with Crippen LogP contribution < -0.4 is 24.6 Å². The molecule has 0 atom stereocenters. The normalized spacial score (nSPS) is 12.5. The van der Waals surface area contributed by atoms with Crippen LogP contribution >= 0.6 is 0 Å². The van der Waals surface area contributed by atoms with Gasteiger partial charge in [0, 0.05) is 18.2 Å². The van der Waals surface area contributed by atoms with E-state index in [2.05, 4.69) is 10.9 Å². The van der Waals surface area contributed by atoms with Crippen molar-refractivity contribution >= 4 is 27.5 Å². The molecule has 176 valence electrons. The van der Waals surface area contributed by atoms with Crippen molar-refractivity contribution in [1.29, 1.82) is 0 Å². The Kier molecular flexibility index (Phi) is 6.42. The number of sulfonamides is 1. The summed E-state index contributed by atoms with van der Waals surface area (Å²) in [7, 11) is -2.30. The van der Waals surface area contributed by atoms with Crippen LogP contribution in [0.3, 0.4) is 0 Å². The molecule has 3 aromatic rings. The van der Waals surface area contributed by atoms with Gasteiger partial charge in [-0.2, -0.15) is 0 Å². The van der Waals surface area contributed by atoms with E-state index >= 15 is 0 Å². The van der Waals surface area contributed by atoms with E-state index in [0.29, 0.717) is 36.0 Å². The number of amides is 2. The van der Waals surface area contributed by atoms with E-state index in [-0.39, 0.29) is 10.5 Å². The molecule has 10 heteroatoms. The highest BCUT2D eigenvalue weighted by atomic mass is 32.2. The molecule has 0 aromatic heterocycles. The van der Waals surface area contributed by atoms with E-state index in [4.69, 9.17) is 9.47 Å². The molecule has 1 aliphatic heterocycles. The van der Waals surface area contributed by atoms with Crippen molar-refractivity contribution in [3.8, 4) is 11.5 Å². The van der Waals surface area contributed by atoms with Gasteiger partial charge in [0.2, 0.25) is 0 Å². The Morgan fingerprint density at radius 2 is 1.35 bits per heavy atom. The predicted octanol–water partition coefficient (Wildman–Crippen LogP) is 2.67. The van der Waals surface area contributed by atoms with Gasteiger partial charge in [-0.25, -0.2) is 8.42 Å². The Labute approximate surface area is 197 Å². The Balaban J connectivity index is 1.39. The zero-order valence-electron chi connectivity index (χ0n) is 18.6. The third-order valence-electron chi connectivity index (χ3n) is 5.27. The monoisotopic (exact) mass is 481 g/mol. The molecule has 3 aromatic carbocycles. The van der Waals surface area contributed by atoms with Crippen molar-refractivity contribution in [2.75, 3.05) is 24.6 Å². The number of rotatable bonds is 5. The maximum absolute atomic E-state index is 12.8. The van der Waals surface area contributed by atoms with Crippen LogP contribution in [0.25, 0.3) is 0 Å². The summed E-state index contributed by atoms with van der Waals surface area (Å²) in [5.74, 6) is -0.0563. The molecule has 0 saturated carbocycles. The molecule has 1 heterocycles. The maximum atomic E-state index is 12.8. The van der Waals surface area contributed by atoms with Crippen LogP contribution in [0.5, 0.6) is 11.5 Å². The lowest BCUT2D eigenvalue weighted by atomic mass is 10.2. The van der Waals surface area contributed by atoms with Gasteiger partial charge in [0.25, 0.3) is 21.8 Å². The third-order valence-corrected chi connectivity index (χ3v) is 7.07. The van der Waals surface area contributed by atoms with Gasteiger partial charge in [0.15, 0.2) is 11.5 Å². The number of hydrogen-bond acceptors (Lipinski definition) is 6. The van der Waals surface area contributed by atoms with E-state index in [1.54, 1.807) is 36.4 Å². The van der Waals surface area contributed by atoms with Crippen LogP contribution in [0.2, 0.25) is 0 Å². The summed E-state index contributed by atoms with van der Waals surface area (Å²) in [6, 6.07) is 17.3. The van der Waals surface area contributed by atoms with Crippen LogP contribution in [0.15, 0.2) is 71.6 Å². The molecule has 2 amide bonds. The van der Waals surface area contributed by atoms with Crippen LogP contribution in [-0.4, -0.2) is 40.5 Å². The largest absolute Gasteiger partial charge is 0.486 e. The van der Waals surface area contributed by atoms with Crippen LogP contribution in [0, 0.1) is 6.92 Å². The SMILES string of the molecule is Cc1ccc(S(=O)(=O)N(C)c2ccc(C(=O)NNC(=O)c3ccc4c(c3)OCCO4)cc2)cc1. The van der Waals surface area contributed by atoms with Gasteiger partial charge >= 0.3 is 0 Å². The van der Waals surface area contributed by atoms with Crippen LogP contribution in [0.4, 0.5) is 5.69 Å². The van der Waals surface area contributed by atoms with Gasteiger partial charge in [0.05, 0.1) is 10.6 Å². The molecule has 0 aliphatic carbocycles. The van der Waals surface area contributed by atoms with Gasteiger partial charge in [0.1, 0.15) is 13.2 Å². The molecule has 34 heavy (non-hydrogen) atoms. The van der Waals surface area contributed by atoms with E-state index in [1.165, 1.54) is 37.4 Å². The third kappa shape index (κ3) is 4.81. The summed E-state index contributed by atoms with van der Waals surface area (Å²) in [6.45, 7) is 2.72. The summed E-state index contributed by atoms with van der Waals surface area (Å²) in [4.78, 5) is 25.0. The number of nitrogens with one attached hydrogen (secondary N) is 2. The number of nitrogens with zero attached hydrogens (tertiary/aromatic N) is 1. The lowest BCUT2D eigenvalue weighted by Gasteiger charge is -2.20. The average molecular weight is 482 g/mol. The van der Waals surface area contributed by atoms with E-state index < -0.39 is 21.8 Å². The topological polar surface area (TPSA) is 114 Å². The minimum Gasteiger partial charge on any atom is -0.486 e. The molecule has 4 rings (SSSR count). The Morgan fingerprint density at radius 1 is 0.794 bits per heavy atom. The van der Waals surface area contributed by atoms with E-state index in [0.717, 1.165) is 9.87 Å². The zero-order valence-corrected chi connectivity index (χ0v) is 19.4. The number of fused-ring (bicyclic) bond motifs is 1. The number of hydrogen-bond donors (Lipinski definition) is 2. The molecule has 9 nitrogen and oxygen atoms in total. The molecule has 0 bridgehead atoms. The molecule has 0 unspecified atom stereocenters. The number of anilines is 1. The molecule has 0 spiro atoms. The highest BCUT2D eigenvalue weighted by Crippen LogP contribution is 2.30. The standard InChI is InChI=1S/C24H23N3O6S/c1-16-3-10-20(11-4-16)34(30,31)27(2)19-8-5-17(6-9-19)23(28)25-26-24(29)18-7-12-21-22(15-18)33-14-13-32-21/h3-12,15H,13-14H2,1-2H3,(H,25,28)(H,26,29). The lowest BCUT2D eigenvalue weighted by Crippen LogP contribution is -2.41. The van der Waals surface area contributed by atoms with E-state index in [9.17, 15) is 18.0 Å². The fourth-order valence-electron chi connectivity index (χ4n) is 3.27. The Hall–Kier alpha value is -4.05. The first kappa shape index (κ1) is 23.1. The van der Waals surface area contributed by atoms with Gasteiger partial charge in [-0.1, -0.05) is 17.7 Å². The number of benzene rings is 3. The molecule has 1 aliphatic rings. The van der Waals surface area contributed by atoms with Gasteiger partial charge in [-0.05, 0) is 61.5 Å². The van der Waals surface area contributed by atoms with Crippen molar-refractivity contribution in [2.24, 2.45) is 0 Å². The molecule has 0 saturated heterocycles. The van der Waals surface area contributed by atoms with Crippen molar-refractivity contribution in [2.45, 2.75) is 11.8 Å². The summed E-state index contributed by atoms with van der Waals surface area (Å²) in [6.07, 6.45) is 0. The Bertz CT molecular complexity index is 1320. The highest BCUT2D eigenvalue weighted by molar-refractivity contribution is 7.92.